The second kappa shape index (κ2) is 12.5. The first kappa shape index (κ1) is 30.7. The number of nitrogens with zero attached hydrogens (tertiary/aromatic N) is 1. The molecule has 5 atom stereocenters. The molecule has 0 radical (unpaired) electrons. The third-order valence-electron chi connectivity index (χ3n) is 8.85. The van der Waals surface area contributed by atoms with Crippen LogP contribution in [-0.2, 0) is 27.3 Å². The fourth-order valence-corrected chi connectivity index (χ4v) is 6.79. The van der Waals surface area contributed by atoms with Gasteiger partial charge in [0, 0.05) is 24.8 Å². The van der Waals surface area contributed by atoms with E-state index in [1.54, 1.807) is 18.2 Å². The van der Waals surface area contributed by atoms with E-state index < -0.39 is 6.09 Å². The Labute approximate surface area is 267 Å². The minimum Gasteiger partial charge on any atom is -1.00 e. The summed E-state index contributed by atoms with van der Waals surface area (Å²) < 4.78 is 12.7. The lowest BCUT2D eigenvalue weighted by molar-refractivity contribution is -0.938. The van der Waals surface area contributed by atoms with Crippen molar-refractivity contribution in [3.8, 4) is 11.1 Å². The number of likely N-dealkylation sites (N-methyl/N-ethyl adjacent to an activating group) is 1. The topological polar surface area (TPSA) is 100 Å². The highest BCUT2D eigenvalue weighted by Gasteiger charge is 2.70. The van der Waals surface area contributed by atoms with Crippen molar-refractivity contribution in [2.45, 2.75) is 62.7 Å². The molecule has 0 unspecified atom stereocenters. The molecule has 3 aromatic carbocycles. The molecule has 3 aliphatic rings. The molecule has 0 aromatic heterocycles. The number of morpholine rings is 1. The zero-order chi connectivity index (χ0) is 28.7. The van der Waals surface area contributed by atoms with Crippen molar-refractivity contribution in [3.05, 3.63) is 82.9 Å². The molecule has 6 rings (SSSR count). The van der Waals surface area contributed by atoms with Crippen LogP contribution in [0.15, 0.2) is 66.7 Å². The lowest BCUT2D eigenvalue weighted by atomic mass is 9.96. The summed E-state index contributed by atoms with van der Waals surface area (Å²) in [6, 6.07) is 21.4. The van der Waals surface area contributed by atoms with E-state index in [1.807, 2.05) is 48.5 Å². The van der Waals surface area contributed by atoms with Crippen molar-refractivity contribution in [1.82, 2.24) is 0 Å². The normalized spacial score (nSPS) is 24.6. The van der Waals surface area contributed by atoms with Gasteiger partial charge in [0.25, 0.3) is 0 Å². The van der Waals surface area contributed by atoms with Crippen molar-refractivity contribution in [2.24, 2.45) is 0 Å². The molecule has 2 amide bonds. The largest absolute Gasteiger partial charge is 1.00 e. The van der Waals surface area contributed by atoms with Crippen LogP contribution in [0.1, 0.15) is 30.4 Å². The summed E-state index contributed by atoms with van der Waals surface area (Å²) in [5, 5.41) is 15.5. The van der Waals surface area contributed by atoms with E-state index in [2.05, 4.69) is 24.7 Å². The molecular weight excluding hydrogens is 669 g/mol. The van der Waals surface area contributed by atoms with Crippen molar-refractivity contribution >= 4 is 35.0 Å². The fourth-order valence-electron chi connectivity index (χ4n) is 6.54. The number of hydrogen-bond acceptors (Lipinski definition) is 5. The Morgan fingerprint density at radius 2 is 1.64 bits per heavy atom. The first-order valence-corrected chi connectivity index (χ1v) is 14.4. The molecule has 10 heteroatoms. The highest BCUT2D eigenvalue weighted by Crippen LogP contribution is 2.51. The van der Waals surface area contributed by atoms with Gasteiger partial charge in [-0.2, -0.15) is 0 Å². The predicted octanol–water partition coefficient (Wildman–Crippen LogP) is 2.38. The van der Waals surface area contributed by atoms with Gasteiger partial charge in [0.05, 0.1) is 37.1 Å². The van der Waals surface area contributed by atoms with E-state index in [4.69, 9.17) is 21.1 Å². The van der Waals surface area contributed by atoms with Crippen LogP contribution in [-0.4, -0.2) is 66.1 Å². The number of halogens is 2. The predicted molar refractivity (Wildman–Crippen MR) is 158 cm³/mol. The Bertz CT molecular complexity index is 1450. The van der Waals surface area contributed by atoms with E-state index in [1.165, 1.54) is 0 Å². The number of epoxide rings is 1. The van der Waals surface area contributed by atoms with E-state index in [-0.39, 0.29) is 49.0 Å². The zero-order valence-electron chi connectivity index (χ0n) is 23.6. The maximum Gasteiger partial charge on any atom is 0.411 e. The van der Waals surface area contributed by atoms with E-state index in [0.717, 1.165) is 34.0 Å². The number of carbonyl (C=O) groups excluding carboxylic acids is 2. The van der Waals surface area contributed by atoms with Gasteiger partial charge in [-0.1, -0.05) is 60.1 Å². The molecule has 3 aliphatic heterocycles. The molecule has 3 aromatic rings. The lowest BCUT2D eigenvalue weighted by Crippen LogP contribution is -3.00. The number of anilines is 2. The first-order chi connectivity index (χ1) is 19.7. The summed E-state index contributed by atoms with van der Waals surface area (Å²) in [4.78, 5) is 25.8. The van der Waals surface area contributed by atoms with Crippen molar-refractivity contribution in [2.75, 3.05) is 24.7 Å². The molecule has 3 saturated heterocycles. The monoisotopic (exact) mass is 703 g/mol. The van der Waals surface area contributed by atoms with Gasteiger partial charge in [-0.3, -0.25) is 10.1 Å². The quantitative estimate of drug-likeness (QED) is 0.190. The Morgan fingerprint density at radius 3 is 2.31 bits per heavy atom. The number of nitrogens with one attached hydrogen (secondary N) is 2. The Balaban J connectivity index is 0.00000353. The number of aliphatic hydroxyl groups is 1. The number of quaternary nitrogens is 1. The first-order valence-electron chi connectivity index (χ1n) is 14.1. The van der Waals surface area contributed by atoms with Crippen LogP contribution >= 0.6 is 11.6 Å². The minimum atomic E-state index is -0.468. The number of amides is 2. The Hall–Kier alpha value is -2.70. The van der Waals surface area contributed by atoms with E-state index in [0.29, 0.717) is 52.7 Å². The lowest BCUT2D eigenvalue weighted by Gasteiger charge is -2.45. The van der Waals surface area contributed by atoms with Crippen LogP contribution in [0.25, 0.3) is 11.1 Å². The van der Waals surface area contributed by atoms with Crippen molar-refractivity contribution in [3.63, 3.8) is 0 Å². The number of piperidine rings is 1. The zero-order valence-corrected chi connectivity index (χ0v) is 26.5. The summed E-state index contributed by atoms with van der Waals surface area (Å²) in [7, 11) is 4.50. The highest BCUT2D eigenvalue weighted by molar-refractivity contribution is 6.33. The maximum atomic E-state index is 13.1. The fraction of sp³-hybridized carbons (Fsp3) is 0.375. The average molecular weight is 704 g/mol. The summed E-state index contributed by atoms with van der Waals surface area (Å²) in [5.74, 6) is -0.181. The van der Waals surface area contributed by atoms with Crippen molar-refractivity contribution in [1.29, 1.82) is 0 Å². The number of carbonyl (C=O) groups is 2. The summed E-state index contributed by atoms with van der Waals surface area (Å²) >= 11 is 6.24. The van der Waals surface area contributed by atoms with Crippen LogP contribution in [0.3, 0.4) is 0 Å². The molecule has 0 spiro atoms. The van der Waals surface area contributed by atoms with Gasteiger partial charge in [0.15, 0.2) is 0 Å². The van der Waals surface area contributed by atoms with Gasteiger partial charge in [-0.05, 0) is 41.3 Å². The number of aliphatic hydroxyl groups excluding tert-OH is 1. The van der Waals surface area contributed by atoms with Gasteiger partial charge in [0.1, 0.15) is 30.4 Å². The smallest absolute Gasteiger partial charge is 0.411 e. The van der Waals surface area contributed by atoms with E-state index >= 15 is 0 Å². The van der Waals surface area contributed by atoms with Gasteiger partial charge in [0.2, 0.25) is 5.91 Å². The standard InChI is InChI=1S/C32H34ClN3O5.HI/c1-36(2)27-16-22(17-28(36)31-30(27)41-31)40-32(39)35-26-15-19(8-11-23(26)21-6-4-3-5-7-21)10-13-29(38)34-25-12-9-20(18-37)14-24(25)33;/h3-9,11-12,14-15,22,27-28,30-31,37H,10,13,16-18H2,1-2H3,(H-,34,35,38,39);1H/t22-,27-,28+,30-,31+;. The molecule has 0 aliphatic carbocycles. The number of benzene rings is 3. The number of aryl methyl sites for hydroxylation is 1. The number of rotatable bonds is 8. The van der Waals surface area contributed by atoms with Crippen LogP contribution in [0, 0.1) is 0 Å². The van der Waals surface area contributed by atoms with Crippen LogP contribution < -0.4 is 34.6 Å². The number of hydrogen-bond donors (Lipinski definition) is 3. The molecule has 0 saturated carbocycles. The Morgan fingerprint density at radius 1 is 0.952 bits per heavy atom. The summed E-state index contributed by atoms with van der Waals surface area (Å²) in [6.45, 7) is -0.119. The van der Waals surface area contributed by atoms with E-state index in [9.17, 15) is 14.7 Å². The summed E-state index contributed by atoms with van der Waals surface area (Å²) in [6.07, 6.45) is 2.27. The molecule has 42 heavy (non-hydrogen) atoms. The molecular formula is C32H35ClIN3O5. The number of fused-ring (bicyclic) bond motifs is 5. The second-order valence-corrected chi connectivity index (χ2v) is 12.1. The number of ether oxygens (including phenoxy) is 2. The average Bonchev–Trinajstić information content (AvgIpc) is 3.72. The molecule has 8 nitrogen and oxygen atoms in total. The third-order valence-corrected chi connectivity index (χ3v) is 9.16. The minimum absolute atomic E-state index is 0. The second-order valence-electron chi connectivity index (χ2n) is 11.7. The van der Waals surface area contributed by atoms with Crippen LogP contribution in [0.4, 0.5) is 16.2 Å². The molecule has 222 valence electrons. The summed E-state index contributed by atoms with van der Waals surface area (Å²) in [5.41, 5.74) is 4.57. The van der Waals surface area contributed by atoms with Gasteiger partial charge < -0.3 is 48.4 Å². The van der Waals surface area contributed by atoms with Crippen molar-refractivity contribution < 1.29 is 52.6 Å². The highest BCUT2D eigenvalue weighted by atomic mass is 127. The molecule has 3 heterocycles. The van der Waals surface area contributed by atoms with Gasteiger partial charge >= 0.3 is 6.09 Å². The Kier molecular flexibility index (Phi) is 9.15. The molecule has 2 bridgehead atoms. The van der Waals surface area contributed by atoms with Crippen LogP contribution in [0.2, 0.25) is 5.02 Å². The molecule has 3 N–H and O–H groups in total. The maximum absolute atomic E-state index is 13.1. The third kappa shape index (κ3) is 6.30. The van der Waals surface area contributed by atoms with Crippen LogP contribution in [0.5, 0.6) is 0 Å². The SMILES string of the molecule is C[N+]1(C)[C@@H]2C[C@@H](OC(=O)Nc3cc(CCC(=O)Nc4ccc(CO)cc4Cl)ccc3-c3ccccc3)C[C@H]1[C@@H]1O[C@@H]12.[I-]. The van der Waals surface area contributed by atoms with Gasteiger partial charge in [-0.15, -0.1) is 0 Å². The van der Waals surface area contributed by atoms with Gasteiger partial charge in [-0.25, -0.2) is 4.79 Å². The molecule has 3 fully saturated rings.